The van der Waals surface area contributed by atoms with Gasteiger partial charge in [0.1, 0.15) is 5.01 Å². The summed E-state index contributed by atoms with van der Waals surface area (Å²) in [4.78, 5) is 16.2. The van der Waals surface area contributed by atoms with Crippen molar-refractivity contribution in [1.29, 1.82) is 0 Å². The minimum Gasteiger partial charge on any atom is -0.273 e. The third-order valence-corrected chi connectivity index (χ3v) is 4.52. The first-order chi connectivity index (χ1) is 10.4. The summed E-state index contributed by atoms with van der Waals surface area (Å²) in [6, 6.07) is 4.25. The number of carbonyl (C=O) groups excluding carboxylic acids is 1. The number of nitrogens with one attached hydrogen (secondary N) is 1. The number of carbonyl (C=O) groups is 1. The van der Waals surface area contributed by atoms with E-state index in [1.54, 1.807) is 0 Å². The summed E-state index contributed by atoms with van der Waals surface area (Å²) in [7, 11) is 0. The van der Waals surface area contributed by atoms with E-state index in [1.807, 2.05) is 19.2 Å². The van der Waals surface area contributed by atoms with Crippen LogP contribution in [0.5, 0.6) is 0 Å². The number of amides is 1. The zero-order chi connectivity index (χ0) is 16.3. The van der Waals surface area contributed by atoms with Crippen molar-refractivity contribution in [2.24, 2.45) is 5.10 Å². The van der Waals surface area contributed by atoms with E-state index in [2.05, 4.69) is 48.4 Å². The van der Waals surface area contributed by atoms with Gasteiger partial charge in [0.25, 0.3) is 0 Å². The Balaban J connectivity index is 2.06. The lowest BCUT2D eigenvalue weighted by molar-refractivity contribution is -0.120. The number of hydrogen-bond donors (Lipinski definition) is 1. The lowest BCUT2D eigenvalue weighted by Gasteiger charge is -2.09. The molecular weight excluding hydrogens is 294 g/mol. The normalized spacial score (nSPS) is 11.6. The third kappa shape index (κ3) is 4.01. The monoisotopic (exact) mass is 315 g/mol. The molecule has 0 saturated heterocycles. The van der Waals surface area contributed by atoms with Crippen LogP contribution in [0.2, 0.25) is 0 Å². The maximum Gasteiger partial charge on any atom is 0.246 e. The minimum absolute atomic E-state index is 0.143. The Bertz CT molecular complexity index is 732. The standard InChI is InChI=1S/C17H21N3OS/c1-10-6-12(3)15(7-11(10)2)14(5)19-20-16(21)8-17-18-13(4)9-22-17/h6-7,9H,8H2,1-5H3,(H,20,21)/b19-14-. The molecular formula is C17H21N3OS. The highest BCUT2D eigenvalue weighted by Gasteiger charge is 2.08. The molecule has 1 amide bonds. The summed E-state index contributed by atoms with van der Waals surface area (Å²) in [6.45, 7) is 10.1. The zero-order valence-corrected chi connectivity index (χ0v) is 14.5. The summed E-state index contributed by atoms with van der Waals surface area (Å²) in [6.07, 6.45) is 0.265. The fourth-order valence-corrected chi connectivity index (χ4v) is 2.99. The maximum atomic E-state index is 11.9. The Morgan fingerprint density at radius 1 is 1.18 bits per heavy atom. The van der Waals surface area contributed by atoms with E-state index in [-0.39, 0.29) is 12.3 Å². The van der Waals surface area contributed by atoms with Crippen molar-refractivity contribution in [3.05, 3.63) is 50.5 Å². The number of aryl methyl sites for hydroxylation is 4. The van der Waals surface area contributed by atoms with Gasteiger partial charge in [-0.15, -0.1) is 11.3 Å². The molecule has 0 unspecified atom stereocenters. The second kappa shape index (κ2) is 6.83. The van der Waals surface area contributed by atoms with Crippen LogP contribution in [-0.2, 0) is 11.2 Å². The minimum atomic E-state index is -0.143. The maximum absolute atomic E-state index is 11.9. The second-order valence-corrected chi connectivity index (χ2v) is 6.49. The first-order valence-corrected chi connectivity index (χ1v) is 8.07. The molecule has 0 atom stereocenters. The SMILES string of the molecule is C/C(=N/NC(=O)Cc1nc(C)cs1)c1cc(C)c(C)cc1C. The molecule has 1 aromatic carbocycles. The third-order valence-electron chi connectivity index (χ3n) is 3.56. The van der Waals surface area contributed by atoms with Gasteiger partial charge in [-0.05, 0) is 57.4 Å². The van der Waals surface area contributed by atoms with Gasteiger partial charge < -0.3 is 0 Å². The van der Waals surface area contributed by atoms with E-state index >= 15 is 0 Å². The summed E-state index contributed by atoms with van der Waals surface area (Å²) >= 11 is 1.49. The Morgan fingerprint density at radius 2 is 1.86 bits per heavy atom. The molecule has 1 heterocycles. The Kier molecular flexibility index (Phi) is 5.08. The molecule has 0 aliphatic carbocycles. The molecule has 0 aliphatic heterocycles. The molecule has 1 N–H and O–H groups in total. The highest BCUT2D eigenvalue weighted by Crippen LogP contribution is 2.16. The number of aromatic nitrogens is 1. The van der Waals surface area contributed by atoms with E-state index in [0.29, 0.717) is 0 Å². The van der Waals surface area contributed by atoms with Crippen molar-refractivity contribution in [3.63, 3.8) is 0 Å². The van der Waals surface area contributed by atoms with Crippen molar-refractivity contribution in [1.82, 2.24) is 10.4 Å². The number of rotatable bonds is 4. The molecule has 0 aliphatic rings. The molecule has 2 rings (SSSR count). The molecule has 0 spiro atoms. The highest BCUT2D eigenvalue weighted by atomic mass is 32.1. The van der Waals surface area contributed by atoms with Crippen LogP contribution in [0, 0.1) is 27.7 Å². The summed E-state index contributed by atoms with van der Waals surface area (Å²) in [5, 5.41) is 6.97. The molecule has 0 radical (unpaired) electrons. The zero-order valence-electron chi connectivity index (χ0n) is 13.7. The van der Waals surface area contributed by atoms with Gasteiger partial charge in [0, 0.05) is 16.6 Å². The van der Waals surface area contributed by atoms with Crippen LogP contribution < -0.4 is 5.43 Å². The second-order valence-electron chi connectivity index (χ2n) is 5.54. The summed E-state index contributed by atoms with van der Waals surface area (Å²) in [5.41, 5.74) is 9.08. The van der Waals surface area contributed by atoms with Gasteiger partial charge in [-0.2, -0.15) is 5.10 Å². The predicted molar refractivity (Wildman–Crippen MR) is 91.6 cm³/mol. The Hall–Kier alpha value is -2.01. The average Bonchev–Trinajstić information content (AvgIpc) is 2.85. The predicted octanol–water partition coefficient (Wildman–Crippen LogP) is 3.46. The molecule has 0 saturated carbocycles. The quantitative estimate of drug-likeness (QED) is 0.694. The summed E-state index contributed by atoms with van der Waals surface area (Å²) in [5.74, 6) is -0.143. The molecule has 22 heavy (non-hydrogen) atoms. The number of nitrogens with zero attached hydrogens (tertiary/aromatic N) is 2. The Labute approximate surface area is 135 Å². The topological polar surface area (TPSA) is 54.4 Å². The van der Waals surface area contributed by atoms with Crippen LogP contribution in [0.3, 0.4) is 0 Å². The molecule has 1 aromatic heterocycles. The number of thiazole rings is 1. The average molecular weight is 315 g/mol. The fourth-order valence-electron chi connectivity index (χ4n) is 2.22. The van der Waals surface area contributed by atoms with E-state index in [1.165, 1.54) is 22.5 Å². The summed E-state index contributed by atoms with van der Waals surface area (Å²) < 4.78 is 0. The van der Waals surface area contributed by atoms with Crippen LogP contribution in [0.25, 0.3) is 0 Å². The van der Waals surface area contributed by atoms with Crippen molar-refractivity contribution >= 4 is 23.0 Å². The number of hydrazone groups is 1. The van der Waals surface area contributed by atoms with Gasteiger partial charge in [-0.25, -0.2) is 10.4 Å². The van der Waals surface area contributed by atoms with Crippen molar-refractivity contribution in [2.75, 3.05) is 0 Å². The van der Waals surface area contributed by atoms with Gasteiger partial charge in [-0.1, -0.05) is 6.07 Å². The Morgan fingerprint density at radius 3 is 2.50 bits per heavy atom. The largest absolute Gasteiger partial charge is 0.273 e. The molecule has 0 bridgehead atoms. The van der Waals surface area contributed by atoms with E-state index in [9.17, 15) is 4.79 Å². The van der Waals surface area contributed by atoms with E-state index in [0.717, 1.165) is 27.5 Å². The molecule has 0 fully saturated rings. The van der Waals surface area contributed by atoms with E-state index in [4.69, 9.17) is 0 Å². The van der Waals surface area contributed by atoms with E-state index < -0.39 is 0 Å². The molecule has 5 heteroatoms. The smallest absolute Gasteiger partial charge is 0.246 e. The van der Waals surface area contributed by atoms with Crippen LogP contribution >= 0.6 is 11.3 Å². The first-order valence-electron chi connectivity index (χ1n) is 7.19. The van der Waals surface area contributed by atoms with Gasteiger partial charge in [0.15, 0.2) is 0 Å². The number of hydrogen-bond acceptors (Lipinski definition) is 4. The van der Waals surface area contributed by atoms with Gasteiger partial charge in [0.05, 0.1) is 12.1 Å². The van der Waals surface area contributed by atoms with Crippen molar-refractivity contribution < 1.29 is 4.79 Å². The van der Waals surface area contributed by atoms with Crippen molar-refractivity contribution in [2.45, 2.75) is 41.0 Å². The lowest BCUT2D eigenvalue weighted by Crippen LogP contribution is -2.21. The van der Waals surface area contributed by atoms with Gasteiger partial charge in [-0.3, -0.25) is 4.79 Å². The van der Waals surface area contributed by atoms with Crippen LogP contribution in [0.1, 0.15) is 39.9 Å². The lowest BCUT2D eigenvalue weighted by atomic mass is 9.98. The molecule has 116 valence electrons. The number of benzene rings is 1. The highest BCUT2D eigenvalue weighted by molar-refractivity contribution is 7.09. The van der Waals surface area contributed by atoms with Gasteiger partial charge >= 0.3 is 0 Å². The van der Waals surface area contributed by atoms with Crippen LogP contribution in [0.4, 0.5) is 0 Å². The fraction of sp³-hybridized carbons (Fsp3) is 0.353. The van der Waals surface area contributed by atoms with Crippen molar-refractivity contribution in [3.8, 4) is 0 Å². The van der Waals surface area contributed by atoms with Crippen LogP contribution in [0.15, 0.2) is 22.6 Å². The molecule has 4 nitrogen and oxygen atoms in total. The first kappa shape index (κ1) is 16.4. The van der Waals surface area contributed by atoms with Crippen LogP contribution in [-0.4, -0.2) is 16.6 Å². The molecule has 2 aromatic rings. The van der Waals surface area contributed by atoms with Gasteiger partial charge in [0.2, 0.25) is 5.91 Å².